The molecule has 1 nitrogen and oxygen atoms in total. The number of benzene rings is 1. The average molecular weight is 279 g/mol. The van der Waals surface area contributed by atoms with Gasteiger partial charge in [0, 0.05) is 10.5 Å². The van der Waals surface area contributed by atoms with Crippen LogP contribution in [0.2, 0.25) is 0 Å². The monoisotopic (exact) mass is 277 g/mol. The molecule has 0 aromatic heterocycles. The fourth-order valence-corrected chi connectivity index (χ4v) is 1.57. The summed E-state index contributed by atoms with van der Waals surface area (Å²) in [4.78, 5) is 0. The van der Waals surface area contributed by atoms with Gasteiger partial charge in [-0.1, -0.05) is 47.8 Å². The molecule has 0 aliphatic rings. The van der Waals surface area contributed by atoms with Gasteiger partial charge in [-0.3, -0.25) is 0 Å². The van der Waals surface area contributed by atoms with Crippen LogP contribution in [0.25, 0.3) is 0 Å². The summed E-state index contributed by atoms with van der Waals surface area (Å²) in [6, 6.07) is 8.46. The molecular formula is C11H17BrClN. The number of hydrogen-bond donors (Lipinski definition) is 1. The van der Waals surface area contributed by atoms with Crippen molar-refractivity contribution >= 4 is 28.3 Å². The molecule has 2 N–H and O–H groups in total. The first-order valence-corrected chi connectivity index (χ1v) is 5.54. The van der Waals surface area contributed by atoms with E-state index in [1.165, 1.54) is 18.4 Å². The maximum absolute atomic E-state index is 6.02. The third-order valence-corrected chi connectivity index (χ3v) is 2.70. The fraction of sp³-hybridized carbons (Fsp3) is 0.455. The largest absolute Gasteiger partial charge is 0.324 e. The van der Waals surface area contributed by atoms with Crippen molar-refractivity contribution in [3.05, 3.63) is 34.3 Å². The van der Waals surface area contributed by atoms with Gasteiger partial charge in [-0.05, 0) is 24.1 Å². The van der Waals surface area contributed by atoms with E-state index in [-0.39, 0.29) is 18.4 Å². The van der Waals surface area contributed by atoms with Crippen molar-refractivity contribution in [2.24, 2.45) is 5.73 Å². The molecule has 0 spiro atoms. The van der Waals surface area contributed by atoms with Gasteiger partial charge in [0.25, 0.3) is 0 Å². The molecule has 1 aromatic rings. The molecule has 0 heterocycles. The maximum Gasteiger partial charge on any atom is 0.0294 e. The number of nitrogens with two attached hydrogens (primary N) is 1. The van der Waals surface area contributed by atoms with Crippen LogP contribution in [0.5, 0.6) is 0 Å². The van der Waals surface area contributed by atoms with Crippen LogP contribution in [0.3, 0.4) is 0 Å². The normalized spacial score (nSPS) is 11.9. The Morgan fingerprint density at radius 1 is 1.29 bits per heavy atom. The molecule has 0 amide bonds. The number of halogens is 2. The minimum absolute atomic E-state index is 0. The number of unbranched alkanes of at least 4 members (excludes halogenated alkanes) is 1. The number of hydrogen-bond acceptors (Lipinski definition) is 1. The lowest BCUT2D eigenvalue weighted by atomic mass is 10.0. The second-order valence-corrected chi connectivity index (χ2v) is 4.22. The van der Waals surface area contributed by atoms with Crippen LogP contribution < -0.4 is 5.73 Å². The van der Waals surface area contributed by atoms with Gasteiger partial charge in [-0.25, -0.2) is 0 Å². The molecule has 0 fully saturated rings. The van der Waals surface area contributed by atoms with Crippen molar-refractivity contribution in [1.29, 1.82) is 0 Å². The van der Waals surface area contributed by atoms with Gasteiger partial charge in [-0.2, -0.15) is 0 Å². The molecule has 1 rings (SSSR count). The highest BCUT2D eigenvalue weighted by Crippen LogP contribution is 2.19. The standard InChI is InChI=1S/C11H16BrN.ClH/c1-2-3-4-11(13)9-5-7-10(12)8-6-9;/h5-8,11H,2-4,13H2,1H3;1H. The van der Waals surface area contributed by atoms with Crippen LogP contribution in [0, 0.1) is 0 Å². The molecule has 0 aliphatic carbocycles. The van der Waals surface area contributed by atoms with Gasteiger partial charge in [0.2, 0.25) is 0 Å². The molecule has 0 aliphatic heterocycles. The zero-order chi connectivity index (χ0) is 9.68. The van der Waals surface area contributed by atoms with Crippen LogP contribution in [-0.4, -0.2) is 0 Å². The highest BCUT2D eigenvalue weighted by atomic mass is 79.9. The molecule has 80 valence electrons. The summed E-state index contributed by atoms with van der Waals surface area (Å²) in [6.07, 6.45) is 3.50. The van der Waals surface area contributed by atoms with Crippen LogP contribution in [0.4, 0.5) is 0 Å². The molecule has 14 heavy (non-hydrogen) atoms. The van der Waals surface area contributed by atoms with E-state index in [2.05, 4.69) is 35.0 Å². The Hall–Kier alpha value is -0.0500. The zero-order valence-corrected chi connectivity index (χ0v) is 10.8. The molecular weight excluding hydrogens is 261 g/mol. The smallest absolute Gasteiger partial charge is 0.0294 e. The third kappa shape index (κ3) is 4.45. The summed E-state index contributed by atoms with van der Waals surface area (Å²) in [5.74, 6) is 0. The maximum atomic E-state index is 6.02. The van der Waals surface area contributed by atoms with E-state index in [1.54, 1.807) is 0 Å². The molecule has 0 radical (unpaired) electrons. The van der Waals surface area contributed by atoms with E-state index in [0.29, 0.717) is 0 Å². The Kier molecular flexibility index (Phi) is 7.24. The third-order valence-electron chi connectivity index (χ3n) is 2.17. The van der Waals surface area contributed by atoms with Crippen LogP contribution >= 0.6 is 28.3 Å². The first kappa shape index (κ1) is 13.9. The van der Waals surface area contributed by atoms with Crippen molar-refractivity contribution in [2.45, 2.75) is 32.2 Å². The predicted octanol–water partition coefficient (Wildman–Crippen LogP) is 4.06. The topological polar surface area (TPSA) is 26.0 Å². The summed E-state index contributed by atoms with van der Waals surface area (Å²) >= 11 is 3.41. The predicted molar refractivity (Wildman–Crippen MR) is 67.8 cm³/mol. The van der Waals surface area contributed by atoms with E-state index in [4.69, 9.17) is 5.73 Å². The Morgan fingerprint density at radius 2 is 1.86 bits per heavy atom. The average Bonchev–Trinajstić information content (AvgIpc) is 2.15. The van der Waals surface area contributed by atoms with Gasteiger partial charge in [0.15, 0.2) is 0 Å². The minimum Gasteiger partial charge on any atom is -0.324 e. The SMILES string of the molecule is CCCCC(N)c1ccc(Br)cc1.Cl. The van der Waals surface area contributed by atoms with E-state index in [0.717, 1.165) is 10.9 Å². The highest BCUT2D eigenvalue weighted by molar-refractivity contribution is 9.10. The Morgan fingerprint density at radius 3 is 2.36 bits per heavy atom. The fourth-order valence-electron chi connectivity index (χ4n) is 1.30. The Bertz CT molecular complexity index is 248. The summed E-state index contributed by atoms with van der Waals surface area (Å²) in [5, 5.41) is 0. The molecule has 1 unspecified atom stereocenters. The highest BCUT2D eigenvalue weighted by Gasteiger charge is 2.03. The van der Waals surface area contributed by atoms with Gasteiger partial charge < -0.3 is 5.73 Å². The first-order valence-electron chi connectivity index (χ1n) is 4.75. The number of rotatable bonds is 4. The van der Waals surface area contributed by atoms with Gasteiger partial charge in [0.05, 0.1) is 0 Å². The van der Waals surface area contributed by atoms with Crippen molar-refractivity contribution < 1.29 is 0 Å². The van der Waals surface area contributed by atoms with Crippen molar-refractivity contribution in [3.8, 4) is 0 Å². The molecule has 1 atom stereocenters. The lowest BCUT2D eigenvalue weighted by Gasteiger charge is -2.10. The van der Waals surface area contributed by atoms with Crippen LogP contribution in [-0.2, 0) is 0 Å². The van der Waals surface area contributed by atoms with Gasteiger partial charge in [0.1, 0.15) is 0 Å². The van der Waals surface area contributed by atoms with Gasteiger partial charge in [-0.15, -0.1) is 12.4 Å². The summed E-state index contributed by atoms with van der Waals surface area (Å²) in [7, 11) is 0. The van der Waals surface area contributed by atoms with Gasteiger partial charge >= 0.3 is 0 Å². The van der Waals surface area contributed by atoms with E-state index < -0.39 is 0 Å². The molecule has 0 saturated heterocycles. The lowest BCUT2D eigenvalue weighted by molar-refractivity contribution is 0.603. The van der Waals surface area contributed by atoms with E-state index >= 15 is 0 Å². The van der Waals surface area contributed by atoms with Crippen molar-refractivity contribution in [2.75, 3.05) is 0 Å². The molecule has 0 saturated carbocycles. The second-order valence-electron chi connectivity index (χ2n) is 3.30. The van der Waals surface area contributed by atoms with E-state index in [9.17, 15) is 0 Å². The molecule has 1 aromatic carbocycles. The Labute approximate surface area is 101 Å². The first-order chi connectivity index (χ1) is 6.24. The van der Waals surface area contributed by atoms with Crippen molar-refractivity contribution in [3.63, 3.8) is 0 Å². The zero-order valence-electron chi connectivity index (χ0n) is 8.37. The molecule has 0 bridgehead atoms. The lowest BCUT2D eigenvalue weighted by Crippen LogP contribution is -2.09. The van der Waals surface area contributed by atoms with E-state index in [1.807, 2.05) is 12.1 Å². The van der Waals surface area contributed by atoms with Crippen LogP contribution in [0.1, 0.15) is 37.8 Å². The Balaban J connectivity index is 0.00000169. The minimum atomic E-state index is 0. The van der Waals surface area contributed by atoms with Crippen molar-refractivity contribution in [1.82, 2.24) is 0 Å². The molecule has 3 heteroatoms. The quantitative estimate of drug-likeness (QED) is 0.883. The van der Waals surface area contributed by atoms with Crippen LogP contribution in [0.15, 0.2) is 28.7 Å². The summed E-state index contributed by atoms with van der Waals surface area (Å²) in [5.41, 5.74) is 7.25. The summed E-state index contributed by atoms with van der Waals surface area (Å²) in [6.45, 7) is 2.19. The summed E-state index contributed by atoms with van der Waals surface area (Å²) < 4.78 is 1.11. The second kappa shape index (κ2) is 7.27.